The van der Waals surface area contributed by atoms with E-state index in [-0.39, 0.29) is 0 Å². The number of benzene rings is 2. The Morgan fingerprint density at radius 1 is 1.04 bits per heavy atom. The summed E-state index contributed by atoms with van der Waals surface area (Å²) in [6.07, 6.45) is 6.62. The lowest BCUT2D eigenvalue weighted by atomic mass is 10.1. The van der Waals surface area contributed by atoms with Crippen LogP contribution in [0.5, 0.6) is 11.5 Å². The number of unbranched alkanes of at least 4 members (excludes halogenated alkanes) is 2. The second kappa shape index (κ2) is 10.1. The van der Waals surface area contributed by atoms with Gasteiger partial charge in [-0.25, -0.2) is 0 Å². The van der Waals surface area contributed by atoms with E-state index < -0.39 is 4.92 Å². The van der Waals surface area contributed by atoms with E-state index in [1.807, 2.05) is 6.07 Å². The Labute approximate surface area is 148 Å². The Morgan fingerprint density at radius 2 is 1.84 bits per heavy atom. The fourth-order valence-electron chi connectivity index (χ4n) is 2.49. The molecular formula is C20H23NO4. The number of ether oxygens (including phenoxy) is 2. The molecule has 0 spiro atoms. The molecule has 0 fully saturated rings. The smallest absolute Gasteiger partial charge is 0.235 e. The number of nitrogens with zero attached hydrogens (tertiary/aromatic N) is 1. The SMILES string of the molecule is COc1cc(/C=C/[N+](=O)[O-])ccc1OCCCCCc1ccccc1. The molecule has 0 aliphatic heterocycles. The van der Waals surface area contributed by atoms with E-state index in [4.69, 9.17) is 9.47 Å². The Morgan fingerprint density at radius 3 is 2.56 bits per heavy atom. The molecule has 5 nitrogen and oxygen atoms in total. The maximum atomic E-state index is 10.4. The quantitative estimate of drug-likeness (QED) is 0.356. The van der Waals surface area contributed by atoms with Crippen molar-refractivity contribution in [2.24, 2.45) is 0 Å². The van der Waals surface area contributed by atoms with Gasteiger partial charge in [-0.05, 0) is 48.9 Å². The molecule has 25 heavy (non-hydrogen) atoms. The minimum Gasteiger partial charge on any atom is -0.493 e. The molecule has 2 aromatic rings. The van der Waals surface area contributed by atoms with E-state index >= 15 is 0 Å². The molecule has 0 aliphatic carbocycles. The van der Waals surface area contributed by atoms with Gasteiger partial charge in [0.15, 0.2) is 11.5 Å². The van der Waals surface area contributed by atoms with Gasteiger partial charge in [-0.15, -0.1) is 0 Å². The highest BCUT2D eigenvalue weighted by molar-refractivity contribution is 5.55. The third-order valence-electron chi connectivity index (χ3n) is 3.79. The number of hydrogen-bond acceptors (Lipinski definition) is 4. The molecule has 0 radical (unpaired) electrons. The third-order valence-corrected chi connectivity index (χ3v) is 3.79. The number of nitro groups is 1. The van der Waals surface area contributed by atoms with Crippen LogP contribution in [-0.2, 0) is 6.42 Å². The van der Waals surface area contributed by atoms with Crippen LogP contribution in [0.25, 0.3) is 6.08 Å². The summed E-state index contributed by atoms with van der Waals surface area (Å²) in [6.45, 7) is 0.620. The second-order valence-electron chi connectivity index (χ2n) is 5.66. The highest BCUT2D eigenvalue weighted by Crippen LogP contribution is 2.28. The van der Waals surface area contributed by atoms with Crippen LogP contribution in [0.3, 0.4) is 0 Å². The van der Waals surface area contributed by atoms with Crippen molar-refractivity contribution in [3.8, 4) is 11.5 Å². The summed E-state index contributed by atoms with van der Waals surface area (Å²) in [6, 6.07) is 15.7. The van der Waals surface area contributed by atoms with Crippen LogP contribution in [0.2, 0.25) is 0 Å². The summed E-state index contributed by atoms with van der Waals surface area (Å²) in [5.74, 6) is 1.23. The first-order valence-electron chi connectivity index (χ1n) is 8.35. The van der Waals surface area contributed by atoms with Gasteiger partial charge in [0.1, 0.15) is 0 Å². The average Bonchev–Trinajstić information content (AvgIpc) is 2.64. The first-order valence-corrected chi connectivity index (χ1v) is 8.35. The number of methoxy groups -OCH3 is 1. The van der Waals surface area contributed by atoms with Gasteiger partial charge in [0.25, 0.3) is 0 Å². The molecule has 0 atom stereocenters. The van der Waals surface area contributed by atoms with Crippen LogP contribution in [0.4, 0.5) is 0 Å². The lowest BCUT2D eigenvalue weighted by molar-refractivity contribution is -0.400. The van der Waals surface area contributed by atoms with Crippen LogP contribution in [0.15, 0.2) is 54.7 Å². The average molecular weight is 341 g/mol. The Hall–Kier alpha value is -2.82. The summed E-state index contributed by atoms with van der Waals surface area (Å²) in [4.78, 5) is 9.88. The van der Waals surface area contributed by atoms with Crippen molar-refractivity contribution in [1.29, 1.82) is 0 Å². The summed E-state index contributed by atoms with van der Waals surface area (Å²) >= 11 is 0. The highest BCUT2D eigenvalue weighted by atomic mass is 16.6. The molecule has 0 bridgehead atoms. The van der Waals surface area contributed by atoms with Crippen molar-refractivity contribution in [3.05, 3.63) is 76.0 Å². The molecular weight excluding hydrogens is 318 g/mol. The number of aryl methyl sites for hydroxylation is 1. The molecule has 0 N–H and O–H groups in total. The van der Waals surface area contributed by atoms with E-state index in [2.05, 4.69) is 24.3 Å². The predicted octanol–water partition coefficient (Wildman–Crippen LogP) is 4.73. The van der Waals surface area contributed by atoms with E-state index in [1.54, 1.807) is 25.3 Å². The van der Waals surface area contributed by atoms with E-state index in [9.17, 15) is 10.1 Å². The zero-order valence-corrected chi connectivity index (χ0v) is 14.4. The van der Waals surface area contributed by atoms with Gasteiger partial charge in [0.05, 0.1) is 18.6 Å². The Kier molecular flexibility index (Phi) is 7.50. The minimum absolute atomic E-state index is 0.494. The van der Waals surface area contributed by atoms with Gasteiger partial charge in [-0.1, -0.05) is 36.4 Å². The molecule has 0 heterocycles. The molecule has 0 aromatic heterocycles. The van der Waals surface area contributed by atoms with E-state index in [1.165, 1.54) is 11.6 Å². The monoisotopic (exact) mass is 341 g/mol. The fourth-order valence-corrected chi connectivity index (χ4v) is 2.49. The Bertz CT molecular complexity index is 698. The first kappa shape index (κ1) is 18.5. The summed E-state index contributed by atoms with van der Waals surface area (Å²) < 4.78 is 11.1. The molecule has 0 unspecified atom stereocenters. The molecule has 0 aliphatic rings. The third kappa shape index (κ3) is 6.67. The van der Waals surface area contributed by atoms with Crippen LogP contribution in [-0.4, -0.2) is 18.6 Å². The standard InChI is InChI=1S/C20H23NO4/c1-24-20-16-18(13-14-21(22)23)11-12-19(20)25-15-7-3-6-10-17-8-4-2-5-9-17/h2,4-5,8-9,11-14,16H,3,6-7,10,15H2,1H3/b14-13+. The zero-order valence-electron chi connectivity index (χ0n) is 14.4. The topological polar surface area (TPSA) is 61.6 Å². The Balaban J connectivity index is 1.75. The second-order valence-corrected chi connectivity index (χ2v) is 5.66. The van der Waals surface area contributed by atoms with Gasteiger partial charge in [-0.3, -0.25) is 10.1 Å². The first-order chi connectivity index (χ1) is 12.2. The van der Waals surface area contributed by atoms with Crippen LogP contribution >= 0.6 is 0 Å². The molecule has 2 aromatic carbocycles. The minimum atomic E-state index is -0.494. The number of hydrogen-bond donors (Lipinski definition) is 0. The molecule has 2 rings (SSSR count). The highest BCUT2D eigenvalue weighted by Gasteiger charge is 2.05. The maximum Gasteiger partial charge on any atom is 0.235 e. The van der Waals surface area contributed by atoms with Gasteiger partial charge < -0.3 is 9.47 Å². The van der Waals surface area contributed by atoms with Crippen LogP contribution in [0, 0.1) is 10.1 Å². The van der Waals surface area contributed by atoms with Gasteiger partial charge in [0.2, 0.25) is 6.20 Å². The predicted molar refractivity (Wildman–Crippen MR) is 98.5 cm³/mol. The van der Waals surface area contributed by atoms with Gasteiger partial charge in [-0.2, -0.15) is 0 Å². The largest absolute Gasteiger partial charge is 0.493 e. The van der Waals surface area contributed by atoms with Crippen molar-refractivity contribution in [2.75, 3.05) is 13.7 Å². The van der Waals surface area contributed by atoms with Crippen molar-refractivity contribution in [2.45, 2.75) is 25.7 Å². The van der Waals surface area contributed by atoms with Crippen molar-refractivity contribution >= 4 is 6.08 Å². The fraction of sp³-hybridized carbons (Fsp3) is 0.300. The molecule has 0 amide bonds. The van der Waals surface area contributed by atoms with Gasteiger partial charge in [0, 0.05) is 6.08 Å². The van der Waals surface area contributed by atoms with E-state index in [0.717, 1.165) is 31.9 Å². The van der Waals surface area contributed by atoms with E-state index in [0.29, 0.717) is 23.7 Å². The van der Waals surface area contributed by atoms with Crippen molar-refractivity contribution in [3.63, 3.8) is 0 Å². The van der Waals surface area contributed by atoms with Crippen LogP contribution in [0.1, 0.15) is 30.4 Å². The lowest BCUT2D eigenvalue weighted by Crippen LogP contribution is -2.00. The lowest BCUT2D eigenvalue weighted by Gasteiger charge is -2.11. The molecule has 132 valence electrons. The zero-order chi connectivity index (χ0) is 17.9. The number of rotatable bonds is 10. The molecule has 5 heteroatoms. The summed E-state index contributed by atoms with van der Waals surface area (Å²) in [7, 11) is 1.56. The van der Waals surface area contributed by atoms with Gasteiger partial charge >= 0.3 is 0 Å². The summed E-state index contributed by atoms with van der Waals surface area (Å²) in [5, 5.41) is 10.4. The molecule has 0 saturated carbocycles. The normalized spacial score (nSPS) is 10.8. The van der Waals surface area contributed by atoms with Crippen molar-refractivity contribution < 1.29 is 14.4 Å². The van der Waals surface area contributed by atoms with Crippen molar-refractivity contribution in [1.82, 2.24) is 0 Å². The molecule has 0 saturated heterocycles. The summed E-state index contributed by atoms with van der Waals surface area (Å²) in [5.41, 5.74) is 2.06. The van der Waals surface area contributed by atoms with Crippen LogP contribution < -0.4 is 9.47 Å². The maximum absolute atomic E-state index is 10.4.